The predicted octanol–water partition coefficient (Wildman–Crippen LogP) is 4.83. The molecule has 0 aliphatic carbocycles. The lowest BCUT2D eigenvalue weighted by Gasteiger charge is -2.13. The van der Waals surface area contributed by atoms with Gasteiger partial charge in [0.05, 0.1) is 5.56 Å². The van der Waals surface area contributed by atoms with Crippen molar-refractivity contribution in [2.75, 3.05) is 5.32 Å². The van der Waals surface area contributed by atoms with E-state index in [9.17, 15) is 4.79 Å². The highest BCUT2D eigenvalue weighted by atomic mass is 16.5. The third-order valence-corrected chi connectivity index (χ3v) is 3.76. The normalized spacial score (nSPS) is 10.2. The minimum Gasteiger partial charge on any atom is -0.488 e. The maximum absolute atomic E-state index is 12.6. The molecule has 0 unspecified atom stereocenters. The second kappa shape index (κ2) is 7.47. The van der Waals surface area contributed by atoms with Crippen molar-refractivity contribution in [1.82, 2.24) is 0 Å². The lowest BCUT2D eigenvalue weighted by Crippen LogP contribution is -2.14. The van der Waals surface area contributed by atoms with Gasteiger partial charge in [-0.15, -0.1) is 0 Å². The number of hydrogen-bond donors (Lipinski definition) is 1. The third kappa shape index (κ3) is 3.82. The molecule has 3 aromatic carbocycles. The van der Waals surface area contributed by atoms with Crippen LogP contribution in [-0.4, -0.2) is 5.91 Å². The number of amides is 1. The molecule has 3 heteroatoms. The van der Waals surface area contributed by atoms with E-state index in [4.69, 9.17) is 4.74 Å². The number of benzene rings is 3. The molecule has 0 spiro atoms. The van der Waals surface area contributed by atoms with Crippen molar-refractivity contribution < 1.29 is 9.53 Å². The van der Waals surface area contributed by atoms with Crippen LogP contribution in [0.1, 0.15) is 21.5 Å². The summed E-state index contributed by atoms with van der Waals surface area (Å²) in [7, 11) is 0. The van der Waals surface area contributed by atoms with Crippen molar-refractivity contribution in [2.45, 2.75) is 13.5 Å². The van der Waals surface area contributed by atoms with E-state index in [0.717, 1.165) is 16.8 Å². The molecule has 24 heavy (non-hydrogen) atoms. The molecule has 0 aliphatic rings. The van der Waals surface area contributed by atoms with Crippen LogP contribution in [0.4, 0.5) is 5.69 Å². The van der Waals surface area contributed by atoms with Gasteiger partial charge in [0.25, 0.3) is 5.91 Å². The van der Waals surface area contributed by atoms with Gasteiger partial charge in [-0.25, -0.2) is 0 Å². The molecule has 0 bridgehead atoms. The summed E-state index contributed by atoms with van der Waals surface area (Å²) in [6.07, 6.45) is 0. The van der Waals surface area contributed by atoms with Gasteiger partial charge in [-0.2, -0.15) is 0 Å². The maximum atomic E-state index is 12.6. The van der Waals surface area contributed by atoms with Crippen LogP contribution in [0.5, 0.6) is 5.75 Å². The summed E-state index contributed by atoms with van der Waals surface area (Å²) in [5.41, 5.74) is 3.41. The van der Waals surface area contributed by atoms with Crippen molar-refractivity contribution in [3.63, 3.8) is 0 Å². The lowest BCUT2D eigenvalue weighted by molar-refractivity contribution is 0.102. The number of aryl methyl sites for hydroxylation is 1. The standard InChI is InChI=1S/C21H19NO2/c1-16-9-5-7-13-19(16)22-21(23)18-12-6-8-14-20(18)24-15-17-10-3-2-4-11-17/h2-14H,15H2,1H3,(H,22,23). The molecule has 1 amide bonds. The molecule has 0 aliphatic heterocycles. The molecule has 0 fully saturated rings. The van der Waals surface area contributed by atoms with E-state index in [1.165, 1.54) is 0 Å². The summed E-state index contributed by atoms with van der Waals surface area (Å²) in [6.45, 7) is 2.39. The quantitative estimate of drug-likeness (QED) is 0.732. The van der Waals surface area contributed by atoms with E-state index in [1.807, 2.05) is 79.7 Å². The van der Waals surface area contributed by atoms with Crippen molar-refractivity contribution in [3.05, 3.63) is 95.6 Å². The third-order valence-electron chi connectivity index (χ3n) is 3.76. The van der Waals surface area contributed by atoms with Gasteiger partial charge < -0.3 is 10.1 Å². The number of ether oxygens (including phenoxy) is 1. The Kier molecular flexibility index (Phi) is 4.92. The van der Waals surface area contributed by atoms with Crippen molar-refractivity contribution in [3.8, 4) is 5.75 Å². The number of hydrogen-bond acceptors (Lipinski definition) is 2. The van der Waals surface area contributed by atoms with Crippen LogP contribution in [-0.2, 0) is 6.61 Å². The van der Waals surface area contributed by atoms with Crippen LogP contribution in [0.15, 0.2) is 78.9 Å². The highest BCUT2D eigenvalue weighted by molar-refractivity contribution is 6.06. The SMILES string of the molecule is Cc1ccccc1NC(=O)c1ccccc1OCc1ccccc1. The van der Waals surface area contributed by atoms with Gasteiger partial charge in [-0.1, -0.05) is 60.7 Å². The summed E-state index contributed by atoms with van der Waals surface area (Å²) in [4.78, 5) is 12.6. The molecule has 0 radical (unpaired) electrons. The predicted molar refractivity (Wildman–Crippen MR) is 96.3 cm³/mol. The van der Waals surface area contributed by atoms with Gasteiger partial charge in [-0.05, 0) is 36.2 Å². The Hall–Kier alpha value is -3.07. The summed E-state index contributed by atoms with van der Waals surface area (Å²) >= 11 is 0. The Labute approximate surface area is 141 Å². The maximum Gasteiger partial charge on any atom is 0.259 e. The number of anilines is 1. The zero-order valence-electron chi connectivity index (χ0n) is 13.5. The molecule has 0 heterocycles. The van der Waals surface area contributed by atoms with Gasteiger partial charge in [-0.3, -0.25) is 4.79 Å². The largest absolute Gasteiger partial charge is 0.488 e. The molecule has 0 saturated carbocycles. The smallest absolute Gasteiger partial charge is 0.259 e. The van der Waals surface area contributed by atoms with Gasteiger partial charge in [0.1, 0.15) is 12.4 Å². The molecule has 0 aromatic heterocycles. The Morgan fingerprint density at radius 1 is 0.875 bits per heavy atom. The second-order valence-corrected chi connectivity index (χ2v) is 5.54. The van der Waals surface area contributed by atoms with Gasteiger partial charge >= 0.3 is 0 Å². The first-order valence-corrected chi connectivity index (χ1v) is 7.87. The minimum atomic E-state index is -0.173. The van der Waals surface area contributed by atoms with Crippen LogP contribution in [0.3, 0.4) is 0 Å². The van der Waals surface area contributed by atoms with Gasteiger partial charge in [0, 0.05) is 5.69 Å². The van der Waals surface area contributed by atoms with Crippen molar-refractivity contribution in [1.29, 1.82) is 0 Å². The molecule has 3 rings (SSSR count). The Morgan fingerprint density at radius 3 is 2.33 bits per heavy atom. The average Bonchev–Trinajstić information content (AvgIpc) is 2.63. The average molecular weight is 317 g/mol. The number of para-hydroxylation sites is 2. The lowest BCUT2D eigenvalue weighted by atomic mass is 10.1. The fraction of sp³-hybridized carbons (Fsp3) is 0.0952. The summed E-state index contributed by atoms with van der Waals surface area (Å²) in [5.74, 6) is 0.403. The zero-order valence-corrected chi connectivity index (χ0v) is 13.5. The van der Waals surface area contributed by atoms with Gasteiger partial charge in [0.2, 0.25) is 0 Å². The van der Waals surface area contributed by atoms with Crippen LogP contribution in [0.25, 0.3) is 0 Å². The Bertz CT molecular complexity index is 828. The summed E-state index contributed by atoms with van der Waals surface area (Å²) in [5, 5.41) is 2.95. The van der Waals surface area contributed by atoms with Crippen LogP contribution in [0, 0.1) is 6.92 Å². The molecule has 1 N–H and O–H groups in total. The van der Waals surface area contributed by atoms with E-state index < -0.39 is 0 Å². The van der Waals surface area contributed by atoms with E-state index in [0.29, 0.717) is 17.9 Å². The van der Waals surface area contributed by atoms with Crippen LogP contribution >= 0.6 is 0 Å². The summed E-state index contributed by atoms with van der Waals surface area (Å²) in [6, 6.07) is 24.9. The van der Waals surface area contributed by atoms with E-state index in [2.05, 4.69) is 5.32 Å². The number of carbonyl (C=O) groups is 1. The fourth-order valence-electron chi connectivity index (χ4n) is 2.42. The minimum absolute atomic E-state index is 0.173. The molecular formula is C21H19NO2. The van der Waals surface area contributed by atoms with Gasteiger partial charge in [0.15, 0.2) is 0 Å². The summed E-state index contributed by atoms with van der Waals surface area (Å²) < 4.78 is 5.85. The first kappa shape index (κ1) is 15.8. The second-order valence-electron chi connectivity index (χ2n) is 5.54. The monoisotopic (exact) mass is 317 g/mol. The molecular weight excluding hydrogens is 298 g/mol. The molecule has 3 aromatic rings. The molecule has 0 saturated heterocycles. The highest BCUT2D eigenvalue weighted by Crippen LogP contribution is 2.22. The topological polar surface area (TPSA) is 38.3 Å². The Morgan fingerprint density at radius 2 is 1.54 bits per heavy atom. The van der Waals surface area contributed by atoms with E-state index >= 15 is 0 Å². The van der Waals surface area contributed by atoms with E-state index in [1.54, 1.807) is 6.07 Å². The number of rotatable bonds is 5. The zero-order chi connectivity index (χ0) is 16.8. The van der Waals surface area contributed by atoms with Crippen LogP contribution < -0.4 is 10.1 Å². The van der Waals surface area contributed by atoms with E-state index in [-0.39, 0.29) is 5.91 Å². The highest BCUT2D eigenvalue weighted by Gasteiger charge is 2.13. The van der Waals surface area contributed by atoms with Crippen molar-refractivity contribution >= 4 is 11.6 Å². The molecule has 120 valence electrons. The molecule has 3 nitrogen and oxygen atoms in total. The number of carbonyl (C=O) groups excluding carboxylic acids is 1. The fourth-order valence-corrected chi connectivity index (χ4v) is 2.42. The molecule has 0 atom stereocenters. The Balaban J connectivity index is 1.76. The number of nitrogens with one attached hydrogen (secondary N) is 1. The van der Waals surface area contributed by atoms with Crippen LogP contribution in [0.2, 0.25) is 0 Å². The first-order chi connectivity index (χ1) is 11.7. The van der Waals surface area contributed by atoms with Crippen molar-refractivity contribution in [2.24, 2.45) is 0 Å². The first-order valence-electron chi connectivity index (χ1n) is 7.87.